The molecule has 0 N–H and O–H groups in total. The highest BCUT2D eigenvalue weighted by Gasteiger charge is 2.29. The predicted octanol–water partition coefficient (Wildman–Crippen LogP) is 4.64. The minimum Gasteiger partial charge on any atom is -0.489 e. The molecule has 1 aromatic heterocycles. The van der Waals surface area contributed by atoms with Crippen LogP contribution in [0.25, 0.3) is 11.5 Å². The van der Waals surface area contributed by atoms with Crippen molar-refractivity contribution in [2.45, 2.75) is 19.7 Å². The fourth-order valence-electron chi connectivity index (χ4n) is 2.06. The van der Waals surface area contributed by atoms with Crippen molar-refractivity contribution in [2.24, 2.45) is 0 Å². The zero-order valence-electron chi connectivity index (χ0n) is 12.7. The molecule has 0 aliphatic rings. The molecule has 0 atom stereocenters. The average Bonchev–Trinajstić information content (AvgIpc) is 2.99. The van der Waals surface area contributed by atoms with Crippen LogP contribution >= 0.6 is 0 Å². The van der Waals surface area contributed by atoms with Crippen molar-refractivity contribution in [3.05, 3.63) is 65.5 Å². The quantitative estimate of drug-likeness (QED) is 0.697. The van der Waals surface area contributed by atoms with Gasteiger partial charge in [0.2, 0.25) is 11.8 Å². The standard InChI is InChI=1S/C17H13F3N2O2/c1-11-21-22-16(24-11)13-4-8-15(9-5-13)23-10-12-2-6-14(7-3-12)17(18,19)20/h2-9H,10H2,1H3. The summed E-state index contributed by atoms with van der Waals surface area (Å²) >= 11 is 0. The normalized spacial score (nSPS) is 11.5. The Bertz CT molecular complexity index is 809. The predicted molar refractivity (Wildman–Crippen MR) is 80.2 cm³/mol. The van der Waals surface area contributed by atoms with E-state index in [1.54, 1.807) is 31.2 Å². The van der Waals surface area contributed by atoms with Crippen LogP contribution in [0.2, 0.25) is 0 Å². The number of hydrogen-bond donors (Lipinski definition) is 0. The Morgan fingerprint density at radius 1 is 0.958 bits per heavy atom. The monoisotopic (exact) mass is 334 g/mol. The lowest BCUT2D eigenvalue weighted by Crippen LogP contribution is -2.05. The smallest absolute Gasteiger partial charge is 0.416 e. The Morgan fingerprint density at radius 2 is 1.62 bits per heavy atom. The maximum atomic E-state index is 12.5. The van der Waals surface area contributed by atoms with E-state index >= 15 is 0 Å². The Labute approximate surface area is 135 Å². The van der Waals surface area contributed by atoms with Crippen LogP contribution in [0.1, 0.15) is 17.0 Å². The number of rotatable bonds is 4. The third kappa shape index (κ3) is 3.73. The summed E-state index contributed by atoms with van der Waals surface area (Å²) in [5.74, 6) is 1.49. The fourth-order valence-corrected chi connectivity index (χ4v) is 2.06. The van der Waals surface area contributed by atoms with Crippen LogP contribution in [0.4, 0.5) is 13.2 Å². The zero-order chi connectivity index (χ0) is 17.2. The van der Waals surface area contributed by atoms with Crippen molar-refractivity contribution < 1.29 is 22.3 Å². The van der Waals surface area contributed by atoms with Crippen molar-refractivity contribution in [1.29, 1.82) is 0 Å². The van der Waals surface area contributed by atoms with E-state index in [0.29, 0.717) is 23.1 Å². The Balaban J connectivity index is 1.62. The minimum atomic E-state index is -4.33. The van der Waals surface area contributed by atoms with Gasteiger partial charge in [-0.2, -0.15) is 13.2 Å². The molecule has 4 nitrogen and oxygen atoms in total. The highest BCUT2D eigenvalue weighted by atomic mass is 19.4. The second-order valence-corrected chi connectivity index (χ2v) is 5.13. The molecule has 0 aliphatic heterocycles. The van der Waals surface area contributed by atoms with E-state index in [4.69, 9.17) is 9.15 Å². The summed E-state index contributed by atoms with van der Waals surface area (Å²) < 4.78 is 48.4. The molecule has 0 spiro atoms. The van der Waals surface area contributed by atoms with E-state index < -0.39 is 11.7 Å². The van der Waals surface area contributed by atoms with Gasteiger partial charge in [0.25, 0.3) is 0 Å². The number of nitrogens with zero attached hydrogens (tertiary/aromatic N) is 2. The minimum absolute atomic E-state index is 0.178. The molecule has 0 saturated heterocycles. The second kappa shape index (κ2) is 6.35. The van der Waals surface area contributed by atoms with Gasteiger partial charge in [0.05, 0.1) is 5.56 Å². The molecule has 3 aromatic rings. The molecule has 3 rings (SSSR count). The average molecular weight is 334 g/mol. The molecular formula is C17H13F3N2O2. The number of aryl methyl sites for hydroxylation is 1. The Kier molecular flexibility index (Phi) is 4.24. The van der Waals surface area contributed by atoms with Crippen molar-refractivity contribution in [2.75, 3.05) is 0 Å². The van der Waals surface area contributed by atoms with Crippen LogP contribution in [-0.4, -0.2) is 10.2 Å². The number of alkyl halides is 3. The van der Waals surface area contributed by atoms with Gasteiger partial charge in [-0.05, 0) is 42.0 Å². The highest BCUT2D eigenvalue weighted by molar-refractivity contribution is 5.53. The molecule has 7 heteroatoms. The largest absolute Gasteiger partial charge is 0.489 e. The van der Waals surface area contributed by atoms with Crippen LogP contribution in [0.3, 0.4) is 0 Å². The first-order valence-electron chi connectivity index (χ1n) is 7.11. The molecule has 1 heterocycles. The first kappa shape index (κ1) is 16.0. The summed E-state index contributed by atoms with van der Waals surface area (Å²) in [6.07, 6.45) is -4.33. The number of benzene rings is 2. The fraction of sp³-hybridized carbons (Fsp3) is 0.176. The molecule has 0 unspecified atom stereocenters. The number of aromatic nitrogens is 2. The van der Waals surface area contributed by atoms with Gasteiger partial charge in [-0.15, -0.1) is 10.2 Å². The summed E-state index contributed by atoms with van der Waals surface area (Å²) in [7, 11) is 0. The van der Waals surface area contributed by atoms with Gasteiger partial charge in [0, 0.05) is 12.5 Å². The summed E-state index contributed by atoms with van der Waals surface area (Å²) in [6.45, 7) is 1.88. The molecule has 24 heavy (non-hydrogen) atoms. The van der Waals surface area contributed by atoms with Crippen molar-refractivity contribution in [3.8, 4) is 17.2 Å². The first-order chi connectivity index (χ1) is 11.4. The number of hydrogen-bond acceptors (Lipinski definition) is 4. The highest BCUT2D eigenvalue weighted by Crippen LogP contribution is 2.29. The second-order valence-electron chi connectivity index (χ2n) is 5.13. The lowest BCUT2D eigenvalue weighted by molar-refractivity contribution is -0.137. The lowest BCUT2D eigenvalue weighted by Gasteiger charge is -2.09. The topological polar surface area (TPSA) is 48.2 Å². The number of halogens is 3. The van der Waals surface area contributed by atoms with Gasteiger partial charge in [-0.1, -0.05) is 12.1 Å². The molecule has 0 aliphatic carbocycles. The van der Waals surface area contributed by atoms with Crippen molar-refractivity contribution >= 4 is 0 Å². The van der Waals surface area contributed by atoms with Crippen LogP contribution in [0.15, 0.2) is 52.9 Å². The van der Waals surface area contributed by atoms with Crippen LogP contribution in [-0.2, 0) is 12.8 Å². The molecule has 0 radical (unpaired) electrons. The number of ether oxygens (including phenoxy) is 1. The third-order valence-electron chi connectivity index (χ3n) is 3.31. The first-order valence-corrected chi connectivity index (χ1v) is 7.11. The van der Waals surface area contributed by atoms with Gasteiger partial charge >= 0.3 is 6.18 Å². The summed E-state index contributed by atoms with van der Waals surface area (Å²) in [6, 6.07) is 11.9. The van der Waals surface area contributed by atoms with E-state index in [-0.39, 0.29) is 6.61 Å². The SMILES string of the molecule is Cc1nnc(-c2ccc(OCc3ccc(C(F)(F)F)cc3)cc2)o1. The van der Waals surface area contributed by atoms with E-state index in [0.717, 1.165) is 17.7 Å². The molecule has 0 fully saturated rings. The Hall–Kier alpha value is -2.83. The van der Waals surface area contributed by atoms with Gasteiger partial charge in [0.15, 0.2) is 0 Å². The zero-order valence-corrected chi connectivity index (χ0v) is 12.7. The van der Waals surface area contributed by atoms with Crippen LogP contribution < -0.4 is 4.74 Å². The van der Waals surface area contributed by atoms with Crippen molar-refractivity contribution in [3.63, 3.8) is 0 Å². The van der Waals surface area contributed by atoms with Crippen LogP contribution in [0, 0.1) is 6.92 Å². The van der Waals surface area contributed by atoms with Gasteiger partial charge < -0.3 is 9.15 Å². The molecule has 0 saturated carbocycles. The molecular weight excluding hydrogens is 321 g/mol. The Morgan fingerprint density at radius 3 is 2.17 bits per heavy atom. The van der Waals surface area contributed by atoms with Gasteiger partial charge in [-0.3, -0.25) is 0 Å². The summed E-state index contributed by atoms with van der Waals surface area (Å²) in [4.78, 5) is 0. The molecule has 124 valence electrons. The summed E-state index contributed by atoms with van der Waals surface area (Å²) in [5.41, 5.74) is 0.738. The molecule has 0 bridgehead atoms. The van der Waals surface area contributed by atoms with E-state index in [1.165, 1.54) is 12.1 Å². The molecule has 2 aromatic carbocycles. The third-order valence-corrected chi connectivity index (χ3v) is 3.31. The molecule has 0 amide bonds. The van der Waals surface area contributed by atoms with E-state index in [1.807, 2.05) is 0 Å². The lowest BCUT2D eigenvalue weighted by atomic mass is 10.1. The van der Waals surface area contributed by atoms with Crippen LogP contribution in [0.5, 0.6) is 5.75 Å². The van der Waals surface area contributed by atoms with E-state index in [9.17, 15) is 13.2 Å². The maximum absolute atomic E-state index is 12.5. The van der Waals surface area contributed by atoms with E-state index in [2.05, 4.69) is 10.2 Å². The summed E-state index contributed by atoms with van der Waals surface area (Å²) in [5, 5.41) is 7.68. The van der Waals surface area contributed by atoms with Crippen molar-refractivity contribution in [1.82, 2.24) is 10.2 Å². The maximum Gasteiger partial charge on any atom is 0.416 e. The van der Waals surface area contributed by atoms with Gasteiger partial charge in [0.1, 0.15) is 12.4 Å². The van der Waals surface area contributed by atoms with Gasteiger partial charge in [-0.25, -0.2) is 0 Å².